The van der Waals surface area contributed by atoms with Crippen LogP contribution in [0.2, 0.25) is 0 Å². The Labute approximate surface area is 169 Å². The van der Waals surface area contributed by atoms with E-state index in [-0.39, 0.29) is 23.2 Å². The third kappa shape index (κ3) is 3.99. The molecule has 0 saturated carbocycles. The zero-order chi connectivity index (χ0) is 20.3. The molecule has 2 aromatic carbocycles. The van der Waals surface area contributed by atoms with Crippen LogP contribution < -0.4 is 15.0 Å². The first kappa shape index (κ1) is 19.8. The van der Waals surface area contributed by atoms with Gasteiger partial charge in [-0.25, -0.2) is 4.98 Å². The lowest BCUT2D eigenvalue weighted by Crippen LogP contribution is -2.21. The summed E-state index contributed by atoms with van der Waals surface area (Å²) in [4.78, 5) is 27.5. The number of nitrogens with zero attached hydrogens (tertiary/aromatic N) is 3. The average molecular weight is 448 g/mol. The van der Waals surface area contributed by atoms with Crippen LogP contribution in [0.25, 0.3) is 10.9 Å². The molecule has 1 aromatic heterocycles. The molecule has 3 rings (SSSR count). The van der Waals surface area contributed by atoms with Crippen LogP contribution in [0.15, 0.2) is 45.9 Å². The first-order valence-corrected chi connectivity index (χ1v) is 9.45. The standard InChI is InChI=1S/C19H18BrN3O5/c1-3-27-17-7-12(15(20)9-18(17)28-4-2)10-22-11-21-16-6-5-13(23(25)26)8-14(16)19(22)24/h5-9,11H,3-4,10H2,1-2H3. The minimum absolute atomic E-state index is 0.148. The van der Waals surface area contributed by atoms with E-state index in [0.29, 0.717) is 30.2 Å². The number of ether oxygens (including phenoxy) is 2. The molecule has 0 saturated heterocycles. The number of benzene rings is 2. The minimum atomic E-state index is -0.534. The summed E-state index contributed by atoms with van der Waals surface area (Å²) >= 11 is 3.50. The van der Waals surface area contributed by atoms with Crippen LogP contribution in [-0.4, -0.2) is 27.7 Å². The summed E-state index contributed by atoms with van der Waals surface area (Å²) in [7, 11) is 0. The van der Waals surface area contributed by atoms with Crippen molar-refractivity contribution >= 4 is 32.5 Å². The number of hydrogen-bond donors (Lipinski definition) is 0. The van der Waals surface area contributed by atoms with Crippen LogP contribution >= 0.6 is 15.9 Å². The van der Waals surface area contributed by atoms with Crippen molar-refractivity contribution in [3.63, 3.8) is 0 Å². The Hall–Kier alpha value is -2.94. The van der Waals surface area contributed by atoms with Crippen LogP contribution in [0.3, 0.4) is 0 Å². The fraction of sp³-hybridized carbons (Fsp3) is 0.263. The summed E-state index contributed by atoms with van der Waals surface area (Å²) in [5.74, 6) is 1.19. The fourth-order valence-corrected chi connectivity index (χ4v) is 3.24. The molecule has 0 aliphatic rings. The maximum Gasteiger partial charge on any atom is 0.270 e. The maximum absolute atomic E-state index is 12.8. The van der Waals surface area contributed by atoms with Gasteiger partial charge < -0.3 is 9.47 Å². The highest BCUT2D eigenvalue weighted by Crippen LogP contribution is 2.34. The summed E-state index contributed by atoms with van der Waals surface area (Å²) in [6, 6.07) is 7.66. The third-order valence-corrected chi connectivity index (χ3v) is 4.81. The fourth-order valence-electron chi connectivity index (χ4n) is 2.79. The van der Waals surface area contributed by atoms with Gasteiger partial charge in [-0.2, -0.15) is 0 Å². The van der Waals surface area contributed by atoms with Gasteiger partial charge in [0.05, 0.1) is 41.9 Å². The third-order valence-electron chi connectivity index (χ3n) is 4.07. The van der Waals surface area contributed by atoms with Gasteiger partial charge >= 0.3 is 0 Å². The first-order chi connectivity index (χ1) is 13.4. The summed E-state index contributed by atoms with van der Waals surface area (Å²) in [5.41, 5.74) is 0.700. The minimum Gasteiger partial charge on any atom is -0.490 e. The van der Waals surface area contributed by atoms with Crippen LogP contribution in [0.4, 0.5) is 5.69 Å². The van der Waals surface area contributed by atoms with Crippen LogP contribution in [0.1, 0.15) is 19.4 Å². The van der Waals surface area contributed by atoms with E-state index < -0.39 is 4.92 Å². The second-order valence-electron chi connectivity index (χ2n) is 5.89. The molecule has 0 fully saturated rings. The molecule has 0 spiro atoms. The molecule has 0 radical (unpaired) electrons. The number of aromatic nitrogens is 2. The lowest BCUT2D eigenvalue weighted by atomic mass is 10.2. The molecule has 0 aliphatic heterocycles. The van der Waals surface area contributed by atoms with Crippen LogP contribution in [0.5, 0.6) is 11.5 Å². The van der Waals surface area contributed by atoms with E-state index in [2.05, 4.69) is 20.9 Å². The topological polar surface area (TPSA) is 96.5 Å². The number of nitro groups is 1. The van der Waals surface area contributed by atoms with Gasteiger partial charge in [-0.3, -0.25) is 19.5 Å². The highest BCUT2D eigenvalue weighted by atomic mass is 79.9. The molecule has 0 aliphatic carbocycles. The summed E-state index contributed by atoms with van der Waals surface area (Å²) in [6.45, 7) is 4.96. The normalized spacial score (nSPS) is 10.8. The van der Waals surface area contributed by atoms with E-state index in [1.54, 1.807) is 6.07 Å². The summed E-state index contributed by atoms with van der Waals surface area (Å²) < 4.78 is 13.4. The molecule has 9 heteroatoms. The molecule has 28 heavy (non-hydrogen) atoms. The van der Waals surface area contributed by atoms with Crippen molar-refractivity contribution in [2.45, 2.75) is 20.4 Å². The number of fused-ring (bicyclic) bond motifs is 1. The van der Waals surface area contributed by atoms with Gasteiger partial charge in [0.25, 0.3) is 11.2 Å². The Morgan fingerprint density at radius 1 is 1.14 bits per heavy atom. The maximum atomic E-state index is 12.8. The molecule has 0 atom stereocenters. The quantitative estimate of drug-likeness (QED) is 0.402. The van der Waals surface area contributed by atoms with Crippen molar-refractivity contribution in [1.82, 2.24) is 9.55 Å². The van der Waals surface area contributed by atoms with Gasteiger partial charge in [0.1, 0.15) is 0 Å². The van der Waals surface area contributed by atoms with Crippen molar-refractivity contribution in [3.8, 4) is 11.5 Å². The van der Waals surface area contributed by atoms with Gasteiger partial charge in [-0.1, -0.05) is 15.9 Å². The highest BCUT2D eigenvalue weighted by molar-refractivity contribution is 9.10. The van der Waals surface area contributed by atoms with Gasteiger partial charge in [0, 0.05) is 16.6 Å². The van der Waals surface area contributed by atoms with Gasteiger partial charge in [0.2, 0.25) is 0 Å². The molecule has 1 heterocycles. The monoisotopic (exact) mass is 447 g/mol. The molecule has 0 amide bonds. The zero-order valence-corrected chi connectivity index (χ0v) is 16.9. The number of nitro benzene ring substituents is 1. The second kappa shape index (κ2) is 8.39. The van der Waals surface area contributed by atoms with Crippen molar-refractivity contribution < 1.29 is 14.4 Å². The van der Waals surface area contributed by atoms with E-state index in [0.717, 1.165) is 10.0 Å². The Morgan fingerprint density at radius 2 is 1.82 bits per heavy atom. The van der Waals surface area contributed by atoms with Crippen molar-refractivity contribution in [1.29, 1.82) is 0 Å². The molecule has 0 unspecified atom stereocenters. The van der Waals surface area contributed by atoms with Crippen molar-refractivity contribution in [2.24, 2.45) is 0 Å². The van der Waals surface area contributed by atoms with Gasteiger partial charge in [-0.05, 0) is 37.6 Å². The summed E-state index contributed by atoms with van der Waals surface area (Å²) in [6.07, 6.45) is 1.43. The van der Waals surface area contributed by atoms with Crippen molar-refractivity contribution in [2.75, 3.05) is 13.2 Å². The van der Waals surface area contributed by atoms with Crippen molar-refractivity contribution in [3.05, 3.63) is 67.2 Å². The van der Waals surface area contributed by atoms with E-state index in [4.69, 9.17) is 9.47 Å². The smallest absolute Gasteiger partial charge is 0.270 e. The number of non-ortho nitro benzene ring substituents is 1. The molecular weight excluding hydrogens is 430 g/mol. The predicted octanol–water partition coefficient (Wildman–Crippen LogP) is 3.91. The van der Waals surface area contributed by atoms with E-state index in [9.17, 15) is 14.9 Å². The molecule has 0 bridgehead atoms. The first-order valence-electron chi connectivity index (χ1n) is 8.66. The summed E-state index contributed by atoms with van der Waals surface area (Å²) in [5, 5.41) is 11.2. The van der Waals surface area contributed by atoms with E-state index in [1.165, 1.54) is 29.1 Å². The molecule has 3 aromatic rings. The molecule has 146 valence electrons. The average Bonchev–Trinajstić information content (AvgIpc) is 2.67. The Bertz CT molecular complexity index is 1100. The Morgan fingerprint density at radius 3 is 2.46 bits per heavy atom. The molecular formula is C19H18BrN3O5. The second-order valence-corrected chi connectivity index (χ2v) is 6.75. The van der Waals surface area contributed by atoms with Crippen LogP contribution in [0, 0.1) is 10.1 Å². The van der Waals surface area contributed by atoms with Gasteiger partial charge in [0.15, 0.2) is 11.5 Å². The molecule has 0 N–H and O–H groups in total. The largest absolute Gasteiger partial charge is 0.490 e. The van der Waals surface area contributed by atoms with Crippen LogP contribution in [-0.2, 0) is 6.54 Å². The Kier molecular flexibility index (Phi) is 5.93. The lowest BCUT2D eigenvalue weighted by molar-refractivity contribution is -0.384. The van der Waals surface area contributed by atoms with E-state index >= 15 is 0 Å². The number of halogens is 1. The lowest BCUT2D eigenvalue weighted by Gasteiger charge is -2.15. The zero-order valence-electron chi connectivity index (χ0n) is 15.3. The Balaban J connectivity index is 2.04. The number of rotatable bonds is 7. The SMILES string of the molecule is CCOc1cc(Br)c(Cn2cnc3ccc([N+](=O)[O-])cc3c2=O)cc1OCC. The number of hydrogen-bond acceptors (Lipinski definition) is 6. The van der Waals surface area contributed by atoms with E-state index in [1.807, 2.05) is 19.9 Å². The predicted molar refractivity (Wildman–Crippen MR) is 108 cm³/mol. The van der Waals surface area contributed by atoms with Gasteiger partial charge in [-0.15, -0.1) is 0 Å². The highest BCUT2D eigenvalue weighted by Gasteiger charge is 2.14. The molecule has 8 nitrogen and oxygen atoms in total.